The molecule has 1 fully saturated rings. The van der Waals surface area contributed by atoms with Gasteiger partial charge < -0.3 is 15.4 Å². The minimum atomic E-state index is -0.263. The molecule has 0 atom stereocenters. The van der Waals surface area contributed by atoms with Crippen molar-refractivity contribution in [3.8, 4) is 5.75 Å². The second kappa shape index (κ2) is 8.08. The van der Waals surface area contributed by atoms with Crippen LogP contribution in [0.1, 0.15) is 35.7 Å². The highest BCUT2D eigenvalue weighted by atomic mass is 16.5. The van der Waals surface area contributed by atoms with Crippen LogP contribution in [0, 0.1) is 12.8 Å². The molecule has 2 amide bonds. The van der Waals surface area contributed by atoms with E-state index in [-0.39, 0.29) is 17.7 Å². The van der Waals surface area contributed by atoms with Crippen LogP contribution in [0.4, 0.5) is 11.4 Å². The highest BCUT2D eigenvalue weighted by Crippen LogP contribution is 2.32. The summed E-state index contributed by atoms with van der Waals surface area (Å²) < 4.78 is 5.68. The molecular formula is C22H24N2O3. The lowest BCUT2D eigenvalue weighted by molar-refractivity contribution is -0.117. The maximum Gasteiger partial charge on any atom is 0.259 e. The van der Waals surface area contributed by atoms with Gasteiger partial charge in [-0.15, -0.1) is 0 Å². The Labute approximate surface area is 159 Å². The van der Waals surface area contributed by atoms with Gasteiger partial charge in [0.25, 0.3) is 5.91 Å². The lowest BCUT2D eigenvalue weighted by atomic mass is 10.1. The van der Waals surface area contributed by atoms with Crippen molar-refractivity contribution < 1.29 is 14.3 Å². The van der Waals surface area contributed by atoms with E-state index in [4.69, 9.17) is 4.74 Å². The van der Waals surface area contributed by atoms with E-state index in [0.29, 0.717) is 23.6 Å². The van der Waals surface area contributed by atoms with Crippen molar-refractivity contribution in [1.29, 1.82) is 0 Å². The largest absolute Gasteiger partial charge is 0.488 e. The van der Waals surface area contributed by atoms with Gasteiger partial charge in [0.2, 0.25) is 5.91 Å². The molecule has 2 aromatic rings. The van der Waals surface area contributed by atoms with Crippen molar-refractivity contribution in [2.45, 2.75) is 26.7 Å². The van der Waals surface area contributed by atoms with Crippen LogP contribution in [0.3, 0.4) is 0 Å². The number of rotatable bonds is 7. The summed E-state index contributed by atoms with van der Waals surface area (Å²) in [5.74, 6) is 0.412. The molecule has 0 bridgehead atoms. The van der Waals surface area contributed by atoms with Gasteiger partial charge in [-0.2, -0.15) is 0 Å². The molecule has 2 N–H and O–H groups in total. The standard InChI is InChI=1S/C22H24N2O3/c1-14(2)13-27-20-10-5-4-7-17(20)22(26)24-19-9-6-8-18(15(19)3)23-21(25)16-11-12-16/h4-10,16H,1,11-13H2,2-3H3,(H,23,25)(H,24,26). The number of ether oxygens (including phenoxy) is 1. The van der Waals surface area contributed by atoms with Crippen molar-refractivity contribution in [3.63, 3.8) is 0 Å². The fourth-order valence-electron chi connectivity index (χ4n) is 2.66. The molecule has 0 spiro atoms. The molecule has 0 radical (unpaired) electrons. The first-order valence-corrected chi connectivity index (χ1v) is 9.03. The van der Waals surface area contributed by atoms with Gasteiger partial charge in [-0.05, 0) is 62.1 Å². The number of carbonyl (C=O) groups is 2. The number of amides is 2. The van der Waals surface area contributed by atoms with E-state index < -0.39 is 0 Å². The van der Waals surface area contributed by atoms with Crippen molar-refractivity contribution >= 4 is 23.2 Å². The summed E-state index contributed by atoms with van der Waals surface area (Å²) in [7, 11) is 0. The lowest BCUT2D eigenvalue weighted by Crippen LogP contribution is -2.17. The van der Waals surface area contributed by atoms with E-state index in [1.54, 1.807) is 18.2 Å². The van der Waals surface area contributed by atoms with E-state index in [9.17, 15) is 9.59 Å². The van der Waals surface area contributed by atoms with Gasteiger partial charge in [0.1, 0.15) is 12.4 Å². The van der Waals surface area contributed by atoms with Crippen molar-refractivity contribution in [2.75, 3.05) is 17.2 Å². The Balaban J connectivity index is 1.76. The van der Waals surface area contributed by atoms with Gasteiger partial charge >= 0.3 is 0 Å². The number of anilines is 2. The van der Waals surface area contributed by atoms with E-state index in [1.807, 2.05) is 38.1 Å². The van der Waals surface area contributed by atoms with E-state index in [2.05, 4.69) is 17.2 Å². The average Bonchev–Trinajstić information content (AvgIpc) is 3.48. The second-order valence-corrected chi connectivity index (χ2v) is 6.94. The minimum Gasteiger partial charge on any atom is -0.488 e. The van der Waals surface area contributed by atoms with Crippen LogP contribution in [-0.4, -0.2) is 18.4 Å². The molecule has 1 aliphatic rings. The normalized spacial score (nSPS) is 13.0. The molecule has 27 heavy (non-hydrogen) atoms. The molecule has 2 aromatic carbocycles. The van der Waals surface area contributed by atoms with E-state index in [0.717, 1.165) is 29.7 Å². The Kier molecular flexibility index (Phi) is 5.60. The van der Waals surface area contributed by atoms with Crippen molar-refractivity contribution in [3.05, 3.63) is 65.7 Å². The molecule has 0 saturated heterocycles. The quantitative estimate of drug-likeness (QED) is 0.708. The molecule has 3 rings (SSSR count). The first-order valence-electron chi connectivity index (χ1n) is 9.03. The van der Waals surface area contributed by atoms with Gasteiger partial charge in [0.15, 0.2) is 0 Å². The first-order chi connectivity index (χ1) is 13.0. The number of nitrogens with one attached hydrogen (secondary N) is 2. The predicted molar refractivity (Wildman–Crippen MR) is 107 cm³/mol. The van der Waals surface area contributed by atoms with Crippen LogP contribution in [0.15, 0.2) is 54.6 Å². The summed E-state index contributed by atoms with van der Waals surface area (Å²) >= 11 is 0. The number of benzene rings is 2. The fraction of sp³-hybridized carbons (Fsp3) is 0.273. The number of carbonyl (C=O) groups excluding carboxylic acids is 2. The number of para-hydroxylation sites is 1. The van der Waals surface area contributed by atoms with Crippen LogP contribution < -0.4 is 15.4 Å². The summed E-state index contributed by atoms with van der Waals surface area (Å²) in [4.78, 5) is 24.8. The maximum absolute atomic E-state index is 12.8. The molecule has 0 aliphatic heterocycles. The second-order valence-electron chi connectivity index (χ2n) is 6.94. The third-order valence-electron chi connectivity index (χ3n) is 4.39. The Bertz CT molecular complexity index is 885. The molecule has 5 nitrogen and oxygen atoms in total. The molecule has 1 aliphatic carbocycles. The average molecular weight is 364 g/mol. The predicted octanol–water partition coefficient (Wildman–Crippen LogP) is 4.55. The van der Waals surface area contributed by atoms with Crippen molar-refractivity contribution in [1.82, 2.24) is 0 Å². The Hall–Kier alpha value is -3.08. The summed E-state index contributed by atoms with van der Waals surface area (Å²) in [5, 5.41) is 5.87. The van der Waals surface area contributed by atoms with Crippen LogP contribution in [0.25, 0.3) is 0 Å². The highest BCUT2D eigenvalue weighted by Gasteiger charge is 2.29. The smallest absolute Gasteiger partial charge is 0.259 e. The highest BCUT2D eigenvalue weighted by molar-refractivity contribution is 6.07. The topological polar surface area (TPSA) is 67.4 Å². The molecule has 5 heteroatoms. The maximum atomic E-state index is 12.8. The fourth-order valence-corrected chi connectivity index (χ4v) is 2.66. The summed E-state index contributed by atoms with van der Waals surface area (Å²) in [5.41, 5.74) is 3.52. The van der Waals surface area contributed by atoms with Gasteiger partial charge in [-0.25, -0.2) is 0 Å². The zero-order valence-corrected chi connectivity index (χ0v) is 15.7. The van der Waals surface area contributed by atoms with E-state index >= 15 is 0 Å². The molecule has 0 heterocycles. The van der Waals surface area contributed by atoms with Crippen LogP contribution in [0.5, 0.6) is 5.75 Å². The van der Waals surface area contributed by atoms with Crippen molar-refractivity contribution in [2.24, 2.45) is 5.92 Å². The van der Waals surface area contributed by atoms with Gasteiger partial charge in [0, 0.05) is 17.3 Å². The van der Waals surface area contributed by atoms with E-state index in [1.165, 1.54) is 0 Å². The van der Waals surface area contributed by atoms with Gasteiger partial charge in [-0.3, -0.25) is 9.59 Å². The lowest BCUT2D eigenvalue weighted by Gasteiger charge is -2.15. The third-order valence-corrected chi connectivity index (χ3v) is 4.39. The molecule has 0 unspecified atom stereocenters. The Morgan fingerprint density at radius 1 is 1.07 bits per heavy atom. The number of hydrogen-bond donors (Lipinski definition) is 2. The number of hydrogen-bond acceptors (Lipinski definition) is 3. The molecule has 140 valence electrons. The summed E-state index contributed by atoms with van der Waals surface area (Å²) in [6.07, 6.45) is 1.89. The Morgan fingerprint density at radius 2 is 1.74 bits per heavy atom. The molecule has 1 saturated carbocycles. The summed E-state index contributed by atoms with van der Waals surface area (Å²) in [6.45, 7) is 7.91. The van der Waals surface area contributed by atoms with Crippen LogP contribution in [-0.2, 0) is 4.79 Å². The molecule has 0 aromatic heterocycles. The zero-order valence-electron chi connectivity index (χ0n) is 15.7. The third kappa shape index (κ3) is 4.76. The molecular weight excluding hydrogens is 340 g/mol. The Morgan fingerprint density at radius 3 is 2.41 bits per heavy atom. The first kappa shape index (κ1) is 18.7. The van der Waals surface area contributed by atoms with Gasteiger partial charge in [-0.1, -0.05) is 24.8 Å². The zero-order chi connectivity index (χ0) is 19.4. The SMILES string of the molecule is C=C(C)COc1ccccc1C(=O)Nc1cccc(NC(=O)C2CC2)c1C. The van der Waals surface area contributed by atoms with Crippen LogP contribution in [0.2, 0.25) is 0 Å². The van der Waals surface area contributed by atoms with Crippen LogP contribution >= 0.6 is 0 Å². The summed E-state index contributed by atoms with van der Waals surface area (Å²) in [6, 6.07) is 12.6. The van der Waals surface area contributed by atoms with Gasteiger partial charge in [0.05, 0.1) is 5.56 Å². The minimum absolute atomic E-state index is 0.0418. The monoisotopic (exact) mass is 364 g/mol.